The lowest BCUT2D eigenvalue weighted by atomic mass is 10.1. The van der Waals surface area contributed by atoms with Gasteiger partial charge in [-0.3, -0.25) is 4.79 Å². The van der Waals surface area contributed by atoms with Gasteiger partial charge in [0.05, 0.1) is 6.42 Å². The van der Waals surface area contributed by atoms with E-state index in [-0.39, 0.29) is 18.1 Å². The third kappa shape index (κ3) is 5.10. The molecule has 0 saturated carbocycles. The molecule has 0 aromatic heterocycles. The van der Waals surface area contributed by atoms with Crippen molar-refractivity contribution < 1.29 is 9.18 Å². The predicted molar refractivity (Wildman–Crippen MR) is 81.4 cm³/mol. The summed E-state index contributed by atoms with van der Waals surface area (Å²) >= 11 is 0. The van der Waals surface area contributed by atoms with Crippen LogP contribution in [0.3, 0.4) is 0 Å². The molecule has 0 radical (unpaired) electrons. The number of rotatable bonds is 5. The summed E-state index contributed by atoms with van der Waals surface area (Å²) in [5.74, 6) is -0.203. The highest BCUT2D eigenvalue weighted by molar-refractivity contribution is 5.78. The Morgan fingerprint density at radius 3 is 2.86 bits per heavy atom. The van der Waals surface area contributed by atoms with Crippen molar-refractivity contribution in [2.45, 2.75) is 19.3 Å². The molecule has 1 amide bonds. The Bertz CT molecular complexity index is 467. The number of nitrogens with two attached hydrogens (primary N) is 1. The van der Waals surface area contributed by atoms with E-state index in [9.17, 15) is 9.18 Å². The molecular weight excluding hydrogens is 269 g/mol. The Morgan fingerprint density at radius 2 is 2.10 bits per heavy atom. The zero-order valence-electron chi connectivity index (χ0n) is 12.4. The van der Waals surface area contributed by atoms with Crippen LogP contribution in [0.15, 0.2) is 24.3 Å². The zero-order chi connectivity index (χ0) is 15.1. The van der Waals surface area contributed by atoms with Crippen LogP contribution in [0, 0.1) is 5.82 Å². The van der Waals surface area contributed by atoms with E-state index in [2.05, 4.69) is 4.90 Å². The minimum atomic E-state index is -0.288. The van der Waals surface area contributed by atoms with E-state index in [1.807, 2.05) is 4.90 Å². The third-order valence-corrected chi connectivity index (χ3v) is 3.86. The highest BCUT2D eigenvalue weighted by Gasteiger charge is 2.19. The molecule has 1 saturated heterocycles. The molecule has 4 nitrogen and oxygen atoms in total. The van der Waals surface area contributed by atoms with Crippen molar-refractivity contribution in [3.05, 3.63) is 35.6 Å². The molecule has 1 aliphatic rings. The first-order chi connectivity index (χ1) is 10.2. The van der Waals surface area contributed by atoms with Gasteiger partial charge < -0.3 is 15.5 Å². The second-order valence-corrected chi connectivity index (χ2v) is 5.52. The summed E-state index contributed by atoms with van der Waals surface area (Å²) in [6.45, 7) is 5.16. The molecular formula is C16H24FN3O. The van der Waals surface area contributed by atoms with Crippen LogP contribution in [-0.2, 0) is 11.2 Å². The van der Waals surface area contributed by atoms with Crippen molar-refractivity contribution in [1.29, 1.82) is 0 Å². The normalized spacial score (nSPS) is 16.8. The fourth-order valence-corrected chi connectivity index (χ4v) is 2.69. The van der Waals surface area contributed by atoms with Crippen LogP contribution >= 0.6 is 0 Å². The average Bonchev–Trinajstić information content (AvgIpc) is 2.70. The molecule has 0 bridgehead atoms. The number of nitrogens with zero attached hydrogens (tertiary/aromatic N) is 2. The zero-order valence-corrected chi connectivity index (χ0v) is 12.4. The smallest absolute Gasteiger partial charge is 0.227 e. The van der Waals surface area contributed by atoms with Gasteiger partial charge in [-0.05, 0) is 50.2 Å². The molecule has 1 fully saturated rings. The van der Waals surface area contributed by atoms with Gasteiger partial charge in [-0.2, -0.15) is 0 Å². The summed E-state index contributed by atoms with van der Waals surface area (Å²) < 4.78 is 13.2. The minimum absolute atomic E-state index is 0.0845. The summed E-state index contributed by atoms with van der Waals surface area (Å²) in [7, 11) is 0. The lowest BCUT2D eigenvalue weighted by Gasteiger charge is -2.22. The van der Waals surface area contributed by atoms with E-state index in [0.29, 0.717) is 6.54 Å². The largest absolute Gasteiger partial charge is 0.341 e. The second-order valence-electron chi connectivity index (χ2n) is 5.52. The quantitative estimate of drug-likeness (QED) is 0.889. The van der Waals surface area contributed by atoms with Crippen LogP contribution < -0.4 is 5.73 Å². The van der Waals surface area contributed by atoms with Crippen LogP contribution in [-0.4, -0.2) is 55.0 Å². The number of benzene rings is 1. The Balaban J connectivity index is 1.85. The third-order valence-electron chi connectivity index (χ3n) is 3.86. The molecule has 1 aliphatic heterocycles. The van der Waals surface area contributed by atoms with E-state index >= 15 is 0 Å². The number of amides is 1. The molecule has 0 unspecified atom stereocenters. The van der Waals surface area contributed by atoms with Gasteiger partial charge in [-0.1, -0.05) is 12.1 Å². The molecule has 0 aliphatic carbocycles. The molecule has 116 valence electrons. The average molecular weight is 293 g/mol. The van der Waals surface area contributed by atoms with Gasteiger partial charge in [0.15, 0.2) is 0 Å². The molecule has 1 aromatic carbocycles. The van der Waals surface area contributed by atoms with Gasteiger partial charge in [0.25, 0.3) is 0 Å². The van der Waals surface area contributed by atoms with E-state index in [0.717, 1.165) is 51.1 Å². The van der Waals surface area contributed by atoms with Crippen molar-refractivity contribution in [2.75, 3.05) is 39.3 Å². The summed E-state index contributed by atoms with van der Waals surface area (Å²) in [4.78, 5) is 16.6. The molecule has 0 spiro atoms. The summed E-state index contributed by atoms with van der Waals surface area (Å²) in [5, 5.41) is 0. The topological polar surface area (TPSA) is 49.6 Å². The molecule has 21 heavy (non-hydrogen) atoms. The second kappa shape index (κ2) is 8.10. The van der Waals surface area contributed by atoms with Gasteiger partial charge in [0, 0.05) is 19.6 Å². The van der Waals surface area contributed by atoms with Gasteiger partial charge in [-0.25, -0.2) is 4.39 Å². The van der Waals surface area contributed by atoms with E-state index in [1.165, 1.54) is 12.1 Å². The lowest BCUT2D eigenvalue weighted by Crippen LogP contribution is -2.36. The first-order valence-electron chi connectivity index (χ1n) is 7.63. The van der Waals surface area contributed by atoms with Crippen molar-refractivity contribution in [3.8, 4) is 0 Å². The Labute approximate surface area is 125 Å². The number of carbonyl (C=O) groups is 1. The Morgan fingerprint density at radius 1 is 1.24 bits per heavy atom. The standard InChI is InChI=1S/C16H24FN3O/c17-15-5-1-4-14(12-15)13-16(21)20-9-3-8-19(10-11-20)7-2-6-18/h1,4-5,12H,2-3,6-11,13,18H2. The number of hydrogen-bond acceptors (Lipinski definition) is 3. The fraction of sp³-hybridized carbons (Fsp3) is 0.562. The summed E-state index contributed by atoms with van der Waals surface area (Å²) in [5.41, 5.74) is 6.28. The van der Waals surface area contributed by atoms with Crippen LogP contribution in [0.5, 0.6) is 0 Å². The number of halogens is 1. The molecule has 2 rings (SSSR count). The van der Waals surface area contributed by atoms with Gasteiger partial charge >= 0.3 is 0 Å². The Kier molecular flexibility index (Phi) is 6.14. The molecule has 2 N–H and O–H groups in total. The van der Waals surface area contributed by atoms with Crippen molar-refractivity contribution in [1.82, 2.24) is 9.80 Å². The van der Waals surface area contributed by atoms with Crippen molar-refractivity contribution >= 4 is 5.91 Å². The van der Waals surface area contributed by atoms with Gasteiger partial charge in [-0.15, -0.1) is 0 Å². The molecule has 0 atom stereocenters. The first-order valence-corrected chi connectivity index (χ1v) is 7.63. The molecule has 1 heterocycles. The molecule has 5 heteroatoms. The van der Waals surface area contributed by atoms with Gasteiger partial charge in [0.1, 0.15) is 5.82 Å². The van der Waals surface area contributed by atoms with Crippen LogP contribution in [0.1, 0.15) is 18.4 Å². The molecule has 1 aromatic rings. The highest BCUT2D eigenvalue weighted by Crippen LogP contribution is 2.09. The first kappa shape index (κ1) is 15.9. The van der Waals surface area contributed by atoms with E-state index in [4.69, 9.17) is 5.73 Å². The van der Waals surface area contributed by atoms with Crippen LogP contribution in [0.4, 0.5) is 4.39 Å². The maximum Gasteiger partial charge on any atom is 0.227 e. The van der Waals surface area contributed by atoms with Gasteiger partial charge in [0.2, 0.25) is 5.91 Å². The van der Waals surface area contributed by atoms with E-state index < -0.39 is 0 Å². The number of carbonyl (C=O) groups excluding carboxylic acids is 1. The minimum Gasteiger partial charge on any atom is -0.341 e. The maximum atomic E-state index is 13.2. The van der Waals surface area contributed by atoms with Crippen LogP contribution in [0.25, 0.3) is 0 Å². The summed E-state index contributed by atoms with van der Waals surface area (Å²) in [6, 6.07) is 6.28. The van der Waals surface area contributed by atoms with Crippen molar-refractivity contribution in [2.24, 2.45) is 5.73 Å². The number of hydrogen-bond donors (Lipinski definition) is 1. The van der Waals surface area contributed by atoms with Crippen LogP contribution in [0.2, 0.25) is 0 Å². The monoisotopic (exact) mass is 293 g/mol. The maximum absolute atomic E-state index is 13.2. The lowest BCUT2D eigenvalue weighted by molar-refractivity contribution is -0.130. The predicted octanol–water partition coefficient (Wildman–Crippen LogP) is 1.25. The van der Waals surface area contributed by atoms with Crippen molar-refractivity contribution in [3.63, 3.8) is 0 Å². The fourth-order valence-electron chi connectivity index (χ4n) is 2.69. The van der Waals surface area contributed by atoms with E-state index in [1.54, 1.807) is 12.1 Å². The Hall–Kier alpha value is -1.46. The SMILES string of the molecule is NCCCN1CCCN(C(=O)Cc2cccc(F)c2)CC1. The summed E-state index contributed by atoms with van der Waals surface area (Å²) in [6.07, 6.45) is 2.26. The highest BCUT2D eigenvalue weighted by atomic mass is 19.1.